The van der Waals surface area contributed by atoms with Crippen molar-refractivity contribution in [3.63, 3.8) is 0 Å². The van der Waals surface area contributed by atoms with Crippen molar-refractivity contribution in [2.75, 3.05) is 13.2 Å². The molecular weight excluding hydrogens is 454 g/mol. The number of aliphatic hydroxyl groups excluding tert-OH is 1. The van der Waals surface area contributed by atoms with E-state index < -0.39 is 29.9 Å². The Morgan fingerprint density at radius 3 is 2.48 bits per heavy atom. The number of carbonyl (C=O) groups is 1. The molecule has 180 valence electrons. The highest BCUT2D eigenvalue weighted by Crippen LogP contribution is 2.40. The van der Waals surface area contributed by atoms with E-state index in [1.54, 1.807) is 0 Å². The van der Waals surface area contributed by atoms with Crippen LogP contribution in [0.1, 0.15) is 53.9 Å². The van der Waals surface area contributed by atoms with Crippen LogP contribution in [0.5, 0.6) is 5.75 Å². The molecule has 9 heteroatoms. The molecule has 0 radical (unpaired) electrons. The molecule has 1 aliphatic rings. The normalized spacial score (nSPS) is 15.8. The van der Waals surface area contributed by atoms with Crippen LogP contribution in [0.2, 0.25) is 0 Å². The van der Waals surface area contributed by atoms with Crippen molar-refractivity contribution in [3.05, 3.63) is 64.7 Å². The molecule has 1 fully saturated rings. The van der Waals surface area contributed by atoms with Gasteiger partial charge in [-0.15, -0.1) is 0 Å². The lowest BCUT2D eigenvalue weighted by Gasteiger charge is -2.22. The average molecular weight is 484 g/mol. The fourth-order valence-electron chi connectivity index (χ4n) is 3.71. The van der Waals surface area contributed by atoms with Crippen LogP contribution in [-0.4, -0.2) is 29.8 Å². The molecule has 1 saturated carbocycles. The first kappa shape index (κ1) is 25.5. The molecule has 2 atom stereocenters. The lowest BCUT2D eigenvalue weighted by molar-refractivity contribution is -0.141. The summed E-state index contributed by atoms with van der Waals surface area (Å²) in [6.45, 7) is -0.503. The SMILES string of the molecule is NC(CO)(CCc1ccc(OCCCc2cccc(C3CC3)c2)c(C(F)(F)F)c1)C(=O)O[PH3+]. The molecule has 2 aromatic rings. The largest absolute Gasteiger partial charge is 0.493 e. The van der Waals surface area contributed by atoms with E-state index in [1.807, 2.05) is 12.1 Å². The topological polar surface area (TPSA) is 81.8 Å². The van der Waals surface area contributed by atoms with Crippen molar-refractivity contribution in [2.24, 2.45) is 5.73 Å². The summed E-state index contributed by atoms with van der Waals surface area (Å²) in [5.74, 6) is -0.376. The third kappa shape index (κ3) is 6.92. The quantitative estimate of drug-likeness (QED) is 0.368. The minimum atomic E-state index is -4.59. The van der Waals surface area contributed by atoms with Gasteiger partial charge in [-0.05, 0) is 73.3 Å². The Labute approximate surface area is 193 Å². The summed E-state index contributed by atoms with van der Waals surface area (Å²) in [6, 6.07) is 12.2. The van der Waals surface area contributed by atoms with Gasteiger partial charge in [-0.2, -0.15) is 13.2 Å². The van der Waals surface area contributed by atoms with E-state index in [4.69, 9.17) is 10.5 Å². The first-order chi connectivity index (χ1) is 15.7. The lowest BCUT2D eigenvalue weighted by Crippen LogP contribution is -2.51. The number of carbonyl (C=O) groups excluding carboxylic acids is 1. The number of benzene rings is 2. The van der Waals surface area contributed by atoms with Crippen molar-refractivity contribution < 1.29 is 32.3 Å². The van der Waals surface area contributed by atoms with Crippen LogP contribution in [-0.2, 0) is 28.3 Å². The average Bonchev–Trinajstić information content (AvgIpc) is 3.65. The standard InChI is InChI=1S/C24H30F3NO4P/c25-24(26,27)20-14-17(10-11-23(28,15-29)22(30)32-33)6-9-21(20)31-12-2-4-16-3-1-5-19(13-16)18-7-8-18/h1,3,5-6,9,13-14,18,29H,2,4,7-8,10-12,15,28H2,33H3/q+1. The molecule has 0 amide bonds. The Bertz CT molecular complexity index is 965. The van der Waals surface area contributed by atoms with Gasteiger partial charge < -0.3 is 20.1 Å². The van der Waals surface area contributed by atoms with Crippen LogP contribution in [0, 0.1) is 0 Å². The Morgan fingerprint density at radius 2 is 1.85 bits per heavy atom. The van der Waals surface area contributed by atoms with Crippen LogP contribution < -0.4 is 10.5 Å². The molecule has 0 aromatic heterocycles. The van der Waals surface area contributed by atoms with E-state index in [-0.39, 0.29) is 25.2 Å². The second kappa shape index (κ2) is 10.9. The zero-order valence-electron chi connectivity index (χ0n) is 18.4. The Kier molecular flexibility index (Phi) is 8.38. The number of rotatable bonds is 11. The second-order valence-electron chi connectivity index (χ2n) is 8.55. The van der Waals surface area contributed by atoms with Crippen LogP contribution in [0.25, 0.3) is 0 Å². The van der Waals surface area contributed by atoms with Crippen molar-refractivity contribution in [1.82, 2.24) is 0 Å². The number of nitrogens with two attached hydrogens (primary N) is 1. The van der Waals surface area contributed by atoms with E-state index in [0.717, 1.165) is 27.5 Å². The van der Waals surface area contributed by atoms with Crippen molar-refractivity contribution in [1.29, 1.82) is 0 Å². The van der Waals surface area contributed by atoms with Gasteiger partial charge >= 0.3 is 12.1 Å². The van der Waals surface area contributed by atoms with E-state index in [9.17, 15) is 23.1 Å². The number of aliphatic hydroxyl groups is 1. The Morgan fingerprint density at radius 1 is 1.12 bits per heavy atom. The van der Waals surface area contributed by atoms with E-state index in [0.29, 0.717) is 17.9 Å². The fourth-order valence-corrected chi connectivity index (χ4v) is 4.00. The van der Waals surface area contributed by atoms with Crippen molar-refractivity contribution in [3.8, 4) is 5.75 Å². The number of hydrogen-bond acceptors (Lipinski definition) is 5. The van der Waals surface area contributed by atoms with Crippen LogP contribution in [0.15, 0.2) is 42.5 Å². The number of aryl methyl sites for hydroxylation is 2. The zero-order chi connectivity index (χ0) is 24.1. The maximum atomic E-state index is 13.6. The summed E-state index contributed by atoms with van der Waals surface area (Å²) < 4.78 is 51.0. The Hall–Kier alpha value is -2.15. The summed E-state index contributed by atoms with van der Waals surface area (Å²) in [6.07, 6.45) is -0.818. The van der Waals surface area contributed by atoms with Gasteiger partial charge in [-0.3, -0.25) is 0 Å². The van der Waals surface area contributed by atoms with Gasteiger partial charge in [0.05, 0.1) is 18.8 Å². The molecule has 0 saturated heterocycles. The molecule has 3 N–H and O–H groups in total. The molecule has 5 nitrogen and oxygen atoms in total. The van der Waals surface area contributed by atoms with Crippen LogP contribution >= 0.6 is 9.47 Å². The third-order valence-electron chi connectivity index (χ3n) is 5.90. The predicted octanol–water partition coefficient (Wildman–Crippen LogP) is 4.28. The first-order valence-corrected chi connectivity index (χ1v) is 11.5. The van der Waals surface area contributed by atoms with Gasteiger partial charge in [0.15, 0.2) is 9.47 Å². The van der Waals surface area contributed by atoms with E-state index in [2.05, 4.69) is 16.7 Å². The number of hydrogen-bond donors (Lipinski definition) is 2. The predicted molar refractivity (Wildman–Crippen MR) is 123 cm³/mol. The molecule has 1 aliphatic carbocycles. The summed E-state index contributed by atoms with van der Waals surface area (Å²) in [4.78, 5) is 11.8. The van der Waals surface area contributed by atoms with Crippen molar-refractivity contribution in [2.45, 2.75) is 56.2 Å². The molecule has 0 heterocycles. The lowest BCUT2D eigenvalue weighted by atomic mass is 9.92. The minimum absolute atomic E-state index is 0.0575. The monoisotopic (exact) mass is 484 g/mol. The molecule has 0 aliphatic heterocycles. The maximum absolute atomic E-state index is 13.6. The van der Waals surface area contributed by atoms with Gasteiger partial charge in [-0.25, -0.2) is 4.79 Å². The third-order valence-corrected chi connectivity index (χ3v) is 6.16. The van der Waals surface area contributed by atoms with Gasteiger partial charge in [-0.1, -0.05) is 30.3 Å². The smallest absolute Gasteiger partial charge is 0.419 e. The van der Waals surface area contributed by atoms with E-state index in [1.165, 1.54) is 30.5 Å². The molecule has 33 heavy (non-hydrogen) atoms. The second-order valence-corrected chi connectivity index (χ2v) is 8.83. The Balaban J connectivity index is 1.61. The summed E-state index contributed by atoms with van der Waals surface area (Å²) >= 11 is 0. The highest BCUT2D eigenvalue weighted by atomic mass is 31.0. The number of ether oxygens (including phenoxy) is 1. The molecule has 2 aromatic carbocycles. The van der Waals surface area contributed by atoms with Gasteiger partial charge in [0, 0.05) is 0 Å². The number of alkyl halides is 3. The van der Waals surface area contributed by atoms with Gasteiger partial charge in [0.1, 0.15) is 11.3 Å². The zero-order valence-corrected chi connectivity index (χ0v) is 19.8. The van der Waals surface area contributed by atoms with Crippen LogP contribution in [0.4, 0.5) is 13.2 Å². The van der Waals surface area contributed by atoms with Crippen LogP contribution in [0.3, 0.4) is 0 Å². The highest BCUT2D eigenvalue weighted by Gasteiger charge is 2.37. The summed E-state index contributed by atoms with van der Waals surface area (Å²) in [5, 5.41) is 9.42. The molecule has 0 bridgehead atoms. The summed E-state index contributed by atoms with van der Waals surface area (Å²) in [7, 11) is 0.932. The summed E-state index contributed by atoms with van der Waals surface area (Å²) in [5.41, 5.74) is 6.14. The molecule has 3 rings (SSSR count). The molecule has 0 spiro atoms. The van der Waals surface area contributed by atoms with Gasteiger partial charge in [0.25, 0.3) is 0 Å². The maximum Gasteiger partial charge on any atom is 0.419 e. The fraction of sp³-hybridized carbons (Fsp3) is 0.458. The first-order valence-electron chi connectivity index (χ1n) is 10.9. The van der Waals surface area contributed by atoms with Gasteiger partial charge in [0.2, 0.25) is 0 Å². The highest BCUT2D eigenvalue weighted by molar-refractivity contribution is 7.10. The van der Waals surface area contributed by atoms with E-state index >= 15 is 0 Å². The molecule has 2 unspecified atom stereocenters. The number of halogens is 3. The minimum Gasteiger partial charge on any atom is -0.493 e. The molecular formula is C24H30F3NO4P+. The van der Waals surface area contributed by atoms with Crippen molar-refractivity contribution >= 4 is 15.4 Å².